The van der Waals surface area contributed by atoms with Gasteiger partial charge in [0.1, 0.15) is 11.6 Å². The fourth-order valence-electron chi connectivity index (χ4n) is 1.33. The quantitative estimate of drug-likeness (QED) is 0.822. The average molecular weight is 237 g/mol. The number of pyridine rings is 1. The summed E-state index contributed by atoms with van der Waals surface area (Å²) in [5, 5.41) is 3.07. The average Bonchev–Trinajstić information content (AvgIpc) is 2.32. The van der Waals surface area contributed by atoms with E-state index in [0.29, 0.717) is 11.7 Å². The van der Waals surface area contributed by atoms with Gasteiger partial charge in [-0.25, -0.2) is 9.37 Å². The molecule has 2 nitrogen and oxygen atoms in total. The Morgan fingerprint density at radius 2 is 2.12 bits per heavy atom. The van der Waals surface area contributed by atoms with Crippen molar-refractivity contribution in [2.24, 2.45) is 0 Å². The van der Waals surface area contributed by atoms with Crippen molar-refractivity contribution in [2.45, 2.75) is 5.88 Å². The Morgan fingerprint density at radius 3 is 2.81 bits per heavy atom. The molecule has 1 N–H and O–H groups in total. The molecule has 0 saturated carbocycles. The zero-order valence-electron chi connectivity index (χ0n) is 8.45. The molecule has 0 unspecified atom stereocenters. The lowest BCUT2D eigenvalue weighted by molar-refractivity contribution is 0.622. The predicted octanol–water partition coefficient (Wildman–Crippen LogP) is 3.70. The smallest absolute Gasteiger partial charge is 0.141 e. The summed E-state index contributed by atoms with van der Waals surface area (Å²) >= 11 is 5.73. The summed E-state index contributed by atoms with van der Waals surface area (Å²) in [5.74, 6) is 0.722. The van der Waals surface area contributed by atoms with Crippen molar-refractivity contribution in [3.05, 3.63) is 54.0 Å². The lowest BCUT2D eigenvalue weighted by Crippen LogP contribution is -1.94. The number of benzene rings is 1. The van der Waals surface area contributed by atoms with Crippen LogP contribution in [0.1, 0.15) is 5.56 Å². The highest BCUT2D eigenvalue weighted by molar-refractivity contribution is 6.17. The van der Waals surface area contributed by atoms with Gasteiger partial charge in [-0.1, -0.05) is 12.1 Å². The molecule has 1 heterocycles. The molecule has 0 fully saturated rings. The highest BCUT2D eigenvalue weighted by Gasteiger charge is 1.97. The van der Waals surface area contributed by atoms with Crippen LogP contribution in [0.2, 0.25) is 0 Å². The number of hydrogen-bond acceptors (Lipinski definition) is 2. The standard InChI is InChI=1S/C12H10ClFN2/c13-7-9-2-1-3-11(6-9)16-12-5-4-10(14)8-15-12/h1-6,8H,7H2,(H,15,16). The molecule has 2 aromatic rings. The second-order valence-electron chi connectivity index (χ2n) is 3.32. The van der Waals surface area contributed by atoms with Crippen LogP contribution in [0.15, 0.2) is 42.6 Å². The fraction of sp³-hybridized carbons (Fsp3) is 0.0833. The lowest BCUT2D eigenvalue weighted by Gasteiger charge is -2.06. The van der Waals surface area contributed by atoms with Crippen LogP contribution in [0.4, 0.5) is 15.9 Å². The second kappa shape index (κ2) is 4.94. The van der Waals surface area contributed by atoms with Gasteiger partial charge in [-0.3, -0.25) is 0 Å². The minimum Gasteiger partial charge on any atom is -0.340 e. The first-order chi connectivity index (χ1) is 7.78. The van der Waals surface area contributed by atoms with Gasteiger partial charge in [0.15, 0.2) is 0 Å². The Kier molecular flexibility index (Phi) is 3.37. The number of rotatable bonds is 3. The van der Waals surface area contributed by atoms with E-state index >= 15 is 0 Å². The van der Waals surface area contributed by atoms with Crippen molar-refractivity contribution in [1.29, 1.82) is 0 Å². The van der Waals surface area contributed by atoms with Crippen LogP contribution in [-0.2, 0) is 5.88 Å². The normalized spacial score (nSPS) is 10.1. The zero-order valence-corrected chi connectivity index (χ0v) is 9.21. The molecule has 0 aliphatic heterocycles. The second-order valence-corrected chi connectivity index (χ2v) is 3.59. The Hall–Kier alpha value is -1.61. The first-order valence-corrected chi connectivity index (χ1v) is 5.35. The molecule has 1 aromatic carbocycles. The van der Waals surface area contributed by atoms with Gasteiger partial charge in [-0.15, -0.1) is 11.6 Å². The van der Waals surface area contributed by atoms with Gasteiger partial charge in [-0.05, 0) is 29.8 Å². The lowest BCUT2D eigenvalue weighted by atomic mass is 10.2. The van der Waals surface area contributed by atoms with Gasteiger partial charge in [0.05, 0.1) is 6.20 Å². The van der Waals surface area contributed by atoms with Crippen LogP contribution in [-0.4, -0.2) is 4.98 Å². The van der Waals surface area contributed by atoms with E-state index in [1.54, 1.807) is 6.07 Å². The maximum atomic E-state index is 12.6. The van der Waals surface area contributed by atoms with Crippen LogP contribution in [0.25, 0.3) is 0 Å². The summed E-state index contributed by atoms with van der Waals surface area (Å²) < 4.78 is 12.6. The van der Waals surface area contributed by atoms with Gasteiger partial charge < -0.3 is 5.32 Å². The van der Waals surface area contributed by atoms with Gasteiger partial charge in [-0.2, -0.15) is 0 Å². The van der Waals surface area contributed by atoms with Crippen molar-refractivity contribution in [1.82, 2.24) is 4.98 Å². The Balaban J connectivity index is 2.16. The zero-order chi connectivity index (χ0) is 11.4. The maximum Gasteiger partial charge on any atom is 0.141 e. The molecule has 4 heteroatoms. The van der Waals surface area contributed by atoms with Crippen molar-refractivity contribution < 1.29 is 4.39 Å². The third kappa shape index (κ3) is 2.70. The number of aromatic nitrogens is 1. The van der Waals surface area contributed by atoms with Gasteiger partial charge in [0, 0.05) is 11.6 Å². The van der Waals surface area contributed by atoms with Gasteiger partial charge >= 0.3 is 0 Å². The SMILES string of the molecule is Fc1ccc(Nc2cccc(CCl)c2)nc1. The Morgan fingerprint density at radius 1 is 1.25 bits per heavy atom. The van der Waals surface area contributed by atoms with Crippen LogP contribution in [0.3, 0.4) is 0 Å². The molecular formula is C12H10ClFN2. The van der Waals surface area contributed by atoms with Gasteiger partial charge in [0.2, 0.25) is 0 Å². The summed E-state index contributed by atoms with van der Waals surface area (Å²) in [7, 11) is 0. The van der Waals surface area contributed by atoms with Crippen LogP contribution in [0, 0.1) is 5.82 Å². The molecule has 0 bridgehead atoms. The van der Waals surface area contributed by atoms with Crippen molar-refractivity contribution in [2.75, 3.05) is 5.32 Å². The molecule has 0 amide bonds. The van der Waals surface area contributed by atoms with Gasteiger partial charge in [0.25, 0.3) is 0 Å². The predicted molar refractivity (Wildman–Crippen MR) is 63.5 cm³/mol. The summed E-state index contributed by atoms with van der Waals surface area (Å²) in [6.45, 7) is 0. The van der Waals surface area contributed by atoms with E-state index in [9.17, 15) is 4.39 Å². The van der Waals surface area contributed by atoms with Crippen molar-refractivity contribution in [3.63, 3.8) is 0 Å². The molecule has 0 radical (unpaired) electrons. The Bertz CT molecular complexity index is 471. The topological polar surface area (TPSA) is 24.9 Å². The number of anilines is 2. The molecule has 0 aliphatic carbocycles. The highest BCUT2D eigenvalue weighted by Crippen LogP contribution is 2.16. The summed E-state index contributed by atoms with van der Waals surface area (Å²) in [4.78, 5) is 3.91. The monoisotopic (exact) mass is 236 g/mol. The molecule has 0 saturated heterocycles. The minimum absolute atomic E-state index is 0.347. The summed E-state index contributed by atoms with van der Waals surface area (Å²) in [6.07, 6.45) is 1.17. The van der Waals surface area contributed by atoms with Crippen LogP contribution >= 0.6 is 11.6 Å². The van der Waals surface area contributed by atoms with E-state index in [1.165, 1.54) is 12.3 Å². The summed E-state index contributed by atoms with van der Waals surface area (Å²) in [6, 6.07) is 10.6. The minimum atomic E-state index is -0.347. The molecular weight excluding hydrogens is 227 g/mol. The van der Waals surface area contributed by atoms with Crippen molar-refractivity contribution in [3.8, 4) is 0 Å². The molecule has 82 valence electrons. The van der Waals surface area contributed by atoms with E-state index in [0.717, 1.165) is 11.3 Å². The molecule has 1 aromatic heterocycles. The van der Waals surface area contributed by atoms with E-state index in [4.69, 9.17) is 11.6 Å². The van der Waals surface area contributed by atoms with E-state index < -0.39 is 0 Å². The number of nitrogens with zero attached hydrogens (tertiary/aromatic N) is 1. The van der Waals surface area contributed by atoms with E-state index in [-0.39, 0.29) is 5.82 Å². The van der Waals surface area contributed by atoms with Crippen LogP contribution < -0.4 is 5.32 Å². The van der Waals surface area contributed by atoms with Crippen LogP contribution in [0.5, 0.6) is 0 Å². The first kappa shape index (κ1) is 10.9. The molecule has 0 spiro atoms. The maximum absolute atomic E-state index is 12.6. The Labute approximate surface area is 98.1 Å². The third-order valence-electron chi connectivity index (χ3n) is 2.08. The van der Waals surface area contributed by atoms with Crippen molar-refractivity contribution >= 4 is 23.1 Å². The third-order valence-corrected chi connectivity index (χ3v) is 2.39. The molecule has 16 heavy (non-hydrogen) atoms. The number of halogens is 2. The first-order valence-electron chi connectivity index (χ1n) is 4.81. The molecule has 0 aliphatic rings. The largest absolute Gasteiger partial charge is 0.340 e. The number of nitrogens with one attached hydrogen (secondary N) is 1. The van der Waals surface area contributed by atoms with E-state index in [2.05, 4.69) is 10.3 Å². The van der Waals surface area contributed by atoms with E-state index in [1.807, 2.05) is 24.3 Å². The molecule has 2 rings (SSSR count). The summed E-state index contributed by atoms with van der Waals surface area (Å²) in [5.41, 5.74) is 1.91. The number of hydrogen-bond donors (Lipinski definition) is 1. The number of alkyl halides is 1. The fourth-order valence-corrected chi connectivity index (χ4v) is 1.50. The molecule has 0 atom stereocenters. The highest BCUT2D eigenvalue weighted by atomic mass is 35.5.